The molecule has 0 aromatic heterocycles. The highest BCUT2D eigenvalue weighted by Gasteiger charge is 2.41. The summed E-state index contributed by atoms with van der Waals surface area (Å²) in [5.74, 6) is -0.343. The molecule has 2 rings (SSSR count). The van der Waals surface area contributed by atoms with Crippen LogP contribution in [0.3, 0.4) is 0 Å². The lowest BCUT2D eigenvalue weighted by molar-refractivity contribution is -0.152. The van der Waals surface area contributed by atoms with Crippen LogP contribution in [0.2, 0.25) is 5.02 Å². The molecular weight excluding hydrogens is 204 g/mol. The maximum Gasteiger partial charge on any atom is 0.348 e. The molecule has 0 saturated heterocycles. The summed E-state index contributed by atoms with van der Waals surface area (Å²) in [4.78, 5) is 10.9. The predicted octanol–water partition coefficient (Wildman–Crippen LogP) is 2.12. The number of carboxylic acid groups (broad SMARTS) is 1. The molecule has 1 aromatic carbocycles. The van der Waals surface area contributed by atoms with Crippen LogP contribution in [0.15, 0.2) is 18.2 Å². The lowest BCUT2D eigenvalue weighted by atomic mass is 10.00. The van der Waals surface area contributed by atoms with Gasteiger partial charge in [-0.25, -0.2) is 4.79 Å². The first-order chi connectivity index (χ1) is 6.51. The Bertz CT molecular complexity index is 402. The number of halogens is 1. The molecule has 1 aliphatic rings. The Morgan fingerprint density at radius 3 is 3.00 bits per heavy atom. The number of rotatable bonds is 1. The minimum absolute atomic E-state index is 0.359. The molecule has 1 aliphatic heterocycles. The molecule has 3 nitrogen and oxygen atoms in total. The van der Waals surface area contributed by atoms with Crippen molar-refractivity contribution in [2.24, 2.45) is 0 Å². The van der Waals surface area contributed by atoms with Gasteiger partial charge in [-0.15, -0.1) is 0 Å². The summed E-state index contributed by atoms with van der Waals surface area (Å²) >= 11 is 5.79. The highest BCUT2D eigenvalue weighted by Crippen LogP contribution is 2.36. The van der Waals surface area contributed by atoms with Gasteiger partial charge in [0.05, 0.1) is 0 Å². The van der Waals surface area contributed by atoms with Gasteiger partial charge in [-0.2, -0.15) is 0 Å². The second-order valence-electron chi connectivity index (χ2n) is 3.57. The van der Waals surface area contributed by atoms with E-state index in [4.69, 9.17) is 21.4 Å². The number of fused-ring (bicyclic) bond motifs is 1. The standard InChI is InChI=1S/C10H9ClO3/c1-10(9(12)13)5-6-4-7(11)2-3-8(6)14-10/h2-4H,5H2,1H3,(H,12,13)/t10-/m1/s1. The van der Waals surface area contributed by atoms with E-state index in [0.717, 1.165) is 5.56 Å². The number of hydrogen-bond acceptors (Lipinski definition) is 2. The number of benzene rings is 1. The Labute approximate surface area is 86.3 Å². The van der Waals surface area contributed by atoms with E-state index in [1.54, 1.807) is 25.1 Å². The molecule has 1 heterocycles. The predicted molar refractivity (Wildman–Crippen MR) is 51.8 cm³/mol. The minimum atomic E-state index is -1.15. The highest BCUT2D eigenvalue weighted by atomic mass is 35.5. The van der Waals surface area contributed by atoms with Gasteiger partial charge in [0.25, 0.3) is 0 Å². The average molecular weight is 213 g/mol. The molecule has 74 valence electrons. The minimum Gasteiger partial charge on any atom is -0.478 e. The van der Waals surface area contributed by atoms with Crippen molar-refractivity contribution in [2.75, 3.05) is 0 Å². The topological polar surface area (TPSA) is 46.5 Å². The molecule has 1 atom stereocenters. The molecule has 4 heteroatoms. The van der Waals surface area contributed by atoms with Crippen LogP contribution in [0, 0.1) is 0 Å². The van der Waals surface area contributed by atoms with Crippen molar-refractivity contribution in [3.63, 3.8) is 0 Å². The van der Waals surface area contributed by atoms with Crippen molar-refractivity contribution in [1.29, 1.82) is 0 Å². The van der Waals surface area contributed by atoms with E-state index in [1.165, 1.54) is 0 Å². The number of carbonyl (C=O) groups is 1. The normalized spacial score (nSPS) is 24.1. The summed E-state index contributed by atoms with van der Waals surface area (Å²) in [6, 6.07) is 5.13. The number of aliphatic carboxylic acids is 1. The smallest absolute Gasteiger partial charge is 0.348 e. The summed E-state index contributed by atoms with van der Waals surface area (Å²) in [7, 11) is 0. The van der Waals surface area contributed by atoms with E-state index in [2.05, 4.69) is 0 Å². The fourth-order valence-electron chi connectivity index (χ4n) is 1.55. The van der Waals surface area contributed by atoms with E-state index >= 15 is 0 Å². The van der Waals surface area contributed by atoms with Crippen molar-refractivity contribution >= 4 is 17.6 Å². The fourth-order valence-corrected chi connectivity index (χ4v) is 1.74. The molecule has 14 heavy (non-hydrogen) atoms. The van der Waals surface area contributed by atoms with Crippen LogP contribution >= 0.6 is 11.6 Å². The van der Waals surface area contributed by atoms with Gasteiger partial charge in [-0.05, 0) is 25.1 Å². The Morgan fingerprint density at radius 1 is 1.64 bits per heavy atom. The van der Waals surface area contributed by atoms with Crippen LogP contribution in [-0.4, -0.2) is 16.7 Å². The molecule has 1 N–H and O–H groups in total. The molecule has 0 fully saturated rings. The van der Waals surface area contributed by atoms with Gasteiger partial charge in [-0.3, -0.25) is 0 Å². The fraction of sp³-hybridized carbons (Fsp3) is 0.300. The Balaban J connectivity index is 2.39. The highest BCUT2D eigenvalue weighted by molar-refractivity contribution is 6.30. The second kappa shape index (κ2) is 2.89. The van der Waals surface area contributed by atoms with Crippen LogP contribution in [-0.2, 0) is 11.2 Å². The first-order valence-corrected chi connectivity index (χ1v) is 4.60. The molecule has 0 spiro atoms. The number of hydrogen-bond donors (Lipinski definition) is 1. The zero-order valence-corrected chi connectivity index (χ0v) is 8.34. The first kappa shape index (κ1) is 9.34. The monoisotopic (exact) mass is 212 g/mol. The first-order valence-electron chi connectivity index (χ1n) is 4.22. The van der Waals surface area contributed by atoms with Gasteiger partial charge in [0.1, 0.15) is 5.75 Å². The van der Waals surface area contributed by atoms with Crippen molar-refractivity contribution in [1.82, 2.24) is 0 Å². The van der Waals surface area contributed by atoms with Gasteiger partial charge >= 0.3 is 5.97 Å². The van der Waals surface area contributed by atoms with E-state index in [0.29, 0.717) is 17.2 Å². The Hall–Kier alpha value is -1.22. The van der Waals surface area contributed by atoms with Crippen LogP contribution in [0.5, 0.6) is 5.75 Å². The number of ether oxygens (including phenoxy) is 1. The molecule has 0 bridgehead atoms. The molecule has 0 radical (unpaired) electrons. The van der Waals surface area contributed by atoms with Gasteiger partial charge < -0.3 is 9.84 Å². The van der Waals surface area contributed by atoms with Gasteiger partial charge in [0, 0.05) is 17.0 Å². The SMILES string of the molecule is C[C@]1(C(=O)O)Cc2cc(Cl)ccc2O1. The van der Waals surface area contributed by atoms with Crippen LogP contribution < -0.4 is 4.74 Å². The molecular formula is C10H9ClO3. The van der Waals surface area contributed by atoms with E-state index < -0.39 is 11.6 Å². The lowest BCUT2D eigenvalue weighted by Gasteiger charge is -2.17. The van der Waals surface area contributed by atoms with E-state index in [9.17, 15) is 4.79 Å². The summed E-state index contributed by atoms with van der Waals surface area (Å²) in [6.07, 6.45) is 0.359. The van der Waals surface area contributed by atoms with Crippen molar-refractivity contribution in [2.45, 2.75) is 18.9 Å². The maximum atomic E-state index is 10.9. The Morgan fingerprint density at radius 2 is 2.36 bits per heavy atom. The molecule has 0 aliphatic carbocycles. The summed E-state index contributed by atoms with van der Waals surface area (Å²) in [5.41, 5.74) is -0.296. The largest absolute Gasteiger partial charge is 0.478 e. The zero-order valence-electron chi connectivity index (χ0n) is 7.58. The second-order valence-corrected chi connectivity index (χ2v) is 4.00. The third kappa shape index (κ3) is 1.34. The molecule has 0 amide bonds. The summed E-state index contributed by atoms with van der Waals surface area (Å²) < 4.78 is 5.35. The van der Waals surface area contributed by atoms with Crippen molar-refractivity contribution < 1.29 is 14.6 Å². The van der Waals surface area contributed by atoms with Crippen molar-refractivity contribution in [3.05, 3.63) is 28.8 Å². The molecule has 0 unspecified atom stereocenters. The van der Waals surface area contributed by atoms with Crippen molar-refractivity contribution in [3.8, 4) is 5.75 Å². The van der Waals surface area contributed by atoms with Gasteiger partial charge in [-0.1, -0.05) is 11.6 Å². The average Bonchev–Trinajstić information content (AvgIpc) is 2.42. The van der Waals surface area contributed by atoms with Gasteiger partial charge in [0.15, 0.2) is 0 Å². The van der Waals surface area contributed by atoms with Crippen LogP contribution in [0.25, 0.3) is 0 Å². The summed E-state index contributed by atoms with van der Waals surface area (Å²) in [6.45, 7) is 1.56. The third-order valence-corrected chi connectivity index (χ3v) is 2.57. The van der Waals surface area contributed by atoms with E-state index in [1.807, 2.05) is 0 Å². The van der Waals surface area contributed by atoms with Crippen LogP contribution in [0.4, 0.5) is 0 Å². The van der Waals surface area contributed by atoms with E-state index in [-0.39, 0.29) is 0 Å². The van der Waals surface area contributed by atoms with Gasteiger partial charge in [0.2, 0.25) is 5.60 Å². The zero-order chi connectivity index (χ0) is 10.3. The van der Waals surface area contributed by atoms with Crippen LogP contribution in [0.1, 0.15) is 12.5 Å². The quantitative estimate of drug-likeness (QED) is 0.776. The number of carboxylic acids is 1. The maximum absolute atomic E-state index is 10.9. The third-order valence-electron chi connectivity index (χ3n) is 2.34. The molecule has 1 aromatic rings. The summed E-state index contributed by atoms with van der Waals surface area (Å²) in [5, 5.41) is 9.56. The lowest BCUT2D eigenvalue weighted by Crippen LogP contribution is -2.39. The Kier molecular flexibility index (Phi) is 1.93. The molecule has 0 saturated carbocycles.